The minimum atomic E-state index is -0.723. The number of H-pyrrole nitrogens is 1. The zero-order chi connectivity index (χ0) is 19.6. The second kappa shape index (κ2) is 7.75. The van der Waals surface area contributed by atoms with E-state index < -0.39 is 17.1 Å². The number of aliphatic imine (C=N–C) groups is 1. The highest BCUT2D eigenvalue weighted by molar-refractivity contribution is 9.10. The number of nitrogens with one attached hydrogen (secondary N) is 1. The highest BCUT2D eigenvalue weighted by Crippen LogP contribution is 2.26. The maximum atomic E-state index is 12.2. The molecule has 0 fully saturated rings. The number of benzene rings is 2. The van der Waals surface area contributed by atoms with Crippen LogP contribution in [0.1, 0.15) is 30.9 Å². The van der Waals surface area contributed by atoms with Crippen LogP contribution in [0, 0.1) is 0 Å². The van der Waals surface area contributed by atoms with Crippen molar-refractivity contribution in [3.8, 4) is 11.6 Å². The van der Waals surface area contributed by atoms with Crippen molar-refractivity contribution in [3.05, 3.63) is 85.0 Å². The SMILES string of the molecule is CC(C)c1ccccc1N=Cc1c(O)n(-c2ccc(Br)cc2)c(=O)[nH]c1=O. The fourth-order valence-corrected chi connectivity index (χ4v) is 2.98. The summed E-state index contributed by atoms with van der Waals surface area (Å²) in [5.74, 6) is -0.209. The molecule has 0 atom stereocenters. The summed E-state index contributed by atoms with van der Waals surface area (Å²) in [6.45, 7) is 4.10. The molecule has 3 rings (SSSR count). The van der Waals surface area contributed by atoms with E-state index in [1.54, 1.807) is 24.3 Å². The Labute approximate surface area is 164 Å². The number of aromatic amines is 1. The molecule has 0 amide bonds. The Morgan fingerprint density at radius 1 is 1.11 bits per heavy atom. The van der Waals surface area contributed by atoms with Gasteiger partial charge < -0.3 is 5.11 Å². The van der Waals surface area contributed by atoms with Crippen LogP contribution in [-0.2, 0) is 0 Å². The molecule has 3 aromatic rings. The van der Waals surface area contributed by atoms with Gasteiger partial charge in [0.2, 0.25) is 5.88 Å². The van der Waals surface area contributed by atoms with Gasteiger partial charge in [0.1, 0.15) is 5.56 Å². The van der Waals surface area contributed by atoms with E-state index in [1.165, 1.54) is 6.21 Å². The van der Waals surface area contributed by atoms with Crippen LogP contribution < -0.4 is 11.2 Å². The van der Waals surface area contributed by atoms with Crippen LogP contribution >= 0.6 is 15.9 Å². The minimum Gasteiger partial charge on any atom is -0.493 e. The molecule has 0 aliphatic heterocycles. The molecule has 2 N–H and O–H groups in total. The van der Waals surface area contributed by atoms with Crippen molar-refractivity contribution >= 4 is 27.8 Å². The van der Waals surface area contributed by atoms with Crippen LogP contribution in [0.5, 0.6) is 5.88 Å². The van der Waals surface area contributed by atoms with Gasteiger partial charge in [-0.25, -0.2) is 9.36 Å². The quantitative estimate of drug-likeness (QED) is 0.619. The number of nitrogens with zero attached hydrogens (tertiary/aromatic N) is 2. The maximum absolute atomic E-state index is 12.2. The average Bonchev–Trinajstić information content (AvgIpc) is 2.63. The Morgan fingerprint density at radius 2 is 1.78 bits per heavy atom. The van der Waals surface area contributed by atoms with Crippen molar-refractivity contribution in [1.82, 2.24) is 9.55 Å². The largest absolute Gasteiger partial charge is 0.493 e. The van der Waals surface area contributed by atoms with Crippen LogP contribution in [0.2, 0.25) is 0 Å². The summed E-state index contributed by atoms with van der Waals surface area (Å²) in [6.07, 6.45) is 1.28. The average molecular weight is 428 g/mol. The second-order valence-electron chi connectivity index (χ2n) is 6.28. The maximum Gasteiger partial charge on any atom is 0.335 e. The third kappa shape index (κ3) is 3.93. The molecule has 0 unspecified atom stereocenters. The van der Waals surface area contributed by atoms with Crippen molar-refractivity contribution in [2.45, 2.75) is 19.8 Å². The lowest BCUT2D eigenvalue weighted by Gasteiger charge is -2.10. The van der Waals surface area contributed by atoms with Gasteiger partial charge in [-0.3, -0.25) is 14.8 Å². The predicted octanol–water partition coefficient (Wildman–Crippen LogP) is 3.87. The number of hydrogen-bond acceptors (Lipinski definition) is 4. The van der Waals surface area contributed by atoms with Crippen LogP contribution in [0.25, 0.3) is 5.69 Å². The Kier molecular flexibility index (Phi) is 5.41. The molecule has 0 aliphatic rings. The van der Waals surface area contributed by atoms with Crippen molar-refractivity contribution in [2.24, 2.45) is 4.99 Å². The van der Waals surface area contributed by atoms with Gasteiger partial charge in [-0.1, -0.05) is 48.0 Å². The van der Waals surface area contributed by atoms with Gasteiger partial charge in [0.05, 0.1) is 11.4 Å². The van der Waals surface area contributed by atoms with E-state index >= 15 is 0 Å². The first kappa shape index (κ1) is 18.8. The minimum absolute atomic E-state index is 0.0870. The van der Waals surface area contributed by atoms with E-state index in [-0.39, 0.29) is 11.5 Å². The highest BCUT2D eigenvalue weighted by Gasteiger charge is 2.14. The second-order valence-corrected chi connectivity index (χ2v) is 7.20. The van der Waals surface area contributed by atoms with E-state index in [2.05, 4.69) is 25.9 Å². The van der Waals surface area contributed by atoms with Crippen molar-refractivity contribution in [3.63, 3.8) is 0 Å². The zero-order valence-electron chi connectivity index (χ0n) is 14.8. The van der Waals surface area contributed by atoms with Crippen LogP contribution in [0.3, 0.4) is 0 Å². The molecule has 138 valence electrons. The number of hydrogen-bond donors (Lipinski definition) is 2. The number of aromatic hydroxyl groups is 1. The summed E-state index contributed by atoms with van der Waals surface area (Å²) >= 11 is 3.32. The van der Waals surface area contributed by atoms with Gasteiger partial charge in [0.25, 0.3) is 5.56 Å². The fourth-order valence-electron chi connectivity index (χ4n) is 2.71. The van der Waals surface area contributed by atoms with E-state index in [0.29, 0.717) is 11.4 Å². The summed E-state index contributed by atoms with van der Waals surface area (Å²) in [5.41, 5.74) is 0.639. The van der Waals surface area contributed by atoms with E-state index in [9.17, 15) is 14.7 Å². The van der Waals surface area contributed by atoms with Crippen LogP contribution in [0.15, 0.2) is 67.6 Å². The summed E-state index contributed by atoms with van der Waals surface area (Å²) in [6, 6.07) is 14.3. The van der Waals surface area contributed by atoms with Crippen molar-refractivity contribution in [1.29, 1.82) is 0 Å². The molecule has 27 heavy (non-hydrogen) atoms. The summed E-state index contributed by atoms with van der Waals surface area (Å²) in [7, 11) is 0. The first-order chi connectivity index (χ1) is 12.9. The Bertz CT molecular complexity index is 1110. The van der Waals surface area contributed by atoms with Gasteiger partial charge >= 0.3 is 5.69 Å². The first-order valence-corrected chi connectivity index (χ1v) is 9.15. The molecule has 7 heteroatoms. The van der Waals surface area contributed by atoms with Gasteiger partial charge in [0.15, 0.2) is 0 Å². The lowest BCUT2D eigenvalue weighted by molar-refractivity contribution is 0.430. The fraction of sp³-hybridized carbons (Fsp3) is 0.150. The number of para-hydroxylation sites is 1. The van der Waals surface area contributed by atoms with Gasteiger partial charge in [-0.2, -0.15) is 0 Å². The molecule has 1 heterocycles. The molecule has 0 spiro atoms. The molecule has 0 saturated carbocycles. The molecular weight excluding hydrogens is 410 g/mol. The van der Waals surface area contributed by atoms with E-state index in [4.69, 9.17) is 0 Å². The predicted molar refractivity (Wildman–Crippen MR) is 110 cm³/mol. The normalized spacial score (nSPS) is 11.4. The molecule has 0 saturated heterocycles. The van der Waals surface area contributed by atoms with Gasteiger partial charge in [-0.05, 0) is 41.8 Å². The topological polar surface area (TPSA) is 87.4 Å². The highest BCUT2D eigenvalue weighted by atomic mass is 79.9. The lowest BCUT2D eigenvalue weighted by atomic mass is 10.0. The zero-order valence-corrected chi connectivity index (χ0v) is 16.4. The number of rotatable bonds is 4. The lowest BCUT2D eigenvalue weighted by Crippen LogP contribution is -2.31. The summed E-state index contributed by atoms with van der Waals surface area (Å²) < 4.78 is 1.86. The van der Waals surface area contributed by atoms with Crippen LogP contribution in [0.4, 0.5) is 5.69 Å². The van der Waals surface area contributed by atoms with Crippen LogP contribution in [-0.4, -0.2) is 20.9 Å². The Morgan fingerprint density at radius 3 is 2.44 bits per heavy atom. The smallest absolute Gasteiger partial charge is 0.335 e. The number of halogens is 1. The number of aromatic nitrogens is 2. The molecule has 1 aromatic heterocycles. The van der Waals surface area contributed by atoms with E-state index in [1.807, 2.05) is 38.1 Å². The molecule has 0 bridgehead atoms. The molecule has 0 radical (unpaired) electrons. The van der Waals surface area contributed by atoms with E-state index in [0.717, 1.165) is 14.6 Å². The standard InChI is InChI=1S/C20H18BrN3O3/c1-12(2)15-5-3-4-6-17(15)22-11-16-18(25)23-20(27)24(19(16)26)14-9-7-13(21)8-10-14/h3-12,26H,1-2H3,(H,23,25,27). The summed E-state index contributed by atoms with van der Waals surface area (Å²) in [4.78, 5) is 31.0. The third-order valence-electron chi connectivity index (χ3n) is 4.10. The first-order valence-electron chi connectivity index (χ1n) is 8.35. The van der Waals surface area contributed by atoms with Crippen molar-refractivity contribution < 1.29 is 5.11 Å². The molecule has 0 aliphatic carbocycles. The molecule has 6 nitrogen and oxygen atoms in total. The Hall–Kier alpha value is -2.93. The van der Waals surface area contributed by atoms with Crippen molar-refractivity contribution in [2.75, 3.05) is 0 Å². The monoisotopic (exact) mass is 427 g/mol. The van der Waals surface area contributed by atoms with Gasteiger partial charge in [-0.15, -0.1) is 0 Å². The summed E-state index contributed by atoms with van der Waals surface area (Å²) in [5, 5.41) is 10.6. The Balaban J connectivity index is 2.12. The molecule has 2 aromatic carbocycles. The third-order valence-corrected chi connectivity index (χ3v) is 4.63. The van der Waals surface area contributed by atoms with Gasteiger partial charge in [0, 0.05) is 10.7 Å². The molecular formula is C20H18BrN3O3.